The lowest BCUT2D eigenvalue weighted by molar-refractivity contribution is 0.0868. The minimum absolute atomic E-state index is 0. The van der Waals surface area contributed by atoms with Crippen LogP contribution in [0.2, 0.25) is 0 Å². The standard InChI is InChI=1S/C16H22N2O2.ClH/c1-4-16(5-2,10-17)18-15(19)14-11(3)12-8-6-7-9-13(12)20-14;/h6-9H,4-5,10,17H2,1-3H3,(H,18,19);1H. The summed E-state index contributed by atoms with van der Waals surface area (Å²) in [6.07, 6.45) is 1.59. The molecule has 0 fully saturated rings. The topological polar surface area (TPSA) is 68.3 Å². The van der Waals surface area contributed by atoms with Crippen LogP contribution in [-0.2, 0) is 0 Å². The Kier molecular flexibility index (Phi) is 5.81. The van der Waals surface area contributed by atoms with Crippen molar-refractivity contribution in [2.45, 2.75) is 39.2 Å². The van der Waals surface area contributed by atoms with Crippen molar-refractivity contribution in [2.75, 3.05) is 6.54 Å². The number of hydrogen-bond acceptors (Lipinski definition) is 3. The summed E-state index contributed by atoms with van der Waals surface area (Å²) in [6, 6.07) is 7.67. The lowest BCUT2D eigenvalue weighted by Crippen LogP contribution is -2.52. The average Bonchev–Trinajstić information content (AvgIpc) is 2.83. The highest BCUT2D eigenvalue weighted by Gasteiger charge is 2.29. The van der Waals surface area contributed by atoms with E-state index in [4.69, 9.17) is 10.2 Å². The fourth-order valence-corrected chi connectivity index (χ4v) is 2.45. The van der Waals surface area contributed by atoms with Crippen LogP contribution in [0.15, 0.2) is 28.7 Å². The van der Waals surface area contributed by atoms with Crippen LogP contribution < -0.4 is 11.1 Å². The second-order valence-corrected chi connectivity index (χ2v) is 5.20. The predicted octanol–water partition coefficient (Wildman–Crippen LogP) is 3.41. The molecule has 0 aliphatic rings. The van der Waals surface area contributed by atoms with E-state index in [9.17, 15) is 4.79 Å². The first kappa shape index (κ1) is 17.5. The van der Waals surface area contributed by atoms with Gasteiger partial charge >= 0.3 is 0 Å². The zero-order valence-electron chi connectivity index (χ0n) is 12.7. The van der Waals surface area contributed by atoms with Crippen LogP contribution in [-0.4, -0.2) is 18.0 Å². The Morgan fingerprint density at radius 1 is 1.29 bits per heavy atom. The molecule has 1 heterocycles. The molecule has 21 heavy (non-hydrogen) atoms. The van der Waals surface area contributed by atoms with E-state index >= 15 is 0 Å². The van der Waals surface area contributed by atoms with Crippen molar-refractivity contribution in [1.82, 2.24) is 5.32 Å². The van der Waals surface area contributed by atoms with Crippen molar-refractivity contribution in [2.24, 2.45) is 5.73 Å². The molecular formula is C16H23ClN2O2. The SMILES string of the molecule is CCC(CC)(CN)NC(=O)c1oc2ccccc2c1C.Cl. The van der Waals surface area contributed by atoms with Crippen LogP contribution in [0, 0.1) is 6.92 Å². The molecule has 3 N–H and O–H groups in total. The molecule has 0 bridgehead atoms. The van der Waals surface area contributed by atoms with Crippen molar-refractivity contribution in [3.8, 4) is 0 Å². The second-order valence-electron chi connectivity index (χ2n) is 5.20. The van der Waals surface area contributed by atoms with Gasteiger partial charge in [0.1, 0.15) is 5.58 Å². The van der Waals surface area contributed by atoms with Gasteiger partial charge in [0.25, 0.3) is 5.91 Å². The maximum atomic E-state index is 12.5. The molecule has 1 aromatic carbocycles. The fourth-order valence-electron chi connectivity index (χ4n) is 2.45. The molecule has 0 spiro atoms. The number of nitrogens with two attached hydrogens (primary N) is 1. The molecule has 0 saturated heterocycles. The molecular weight excluding hydrogens is 288 g/mol. The summed E-state index contributed by atoms with van der Waals surface area (Å²) in [4.78, 5) is 12.5. The van der Waals surface area contributed by atoms with Gasteiger partial charge in [-0.25, -0.2) is 0 Å². The van der Waals surface area contributed by atoms with Gasteiger partial charge in [-0.2, -0.15) is 0 Å². The predicted molar refractivity (Wildman–Crippen MR) is 88.0 cm³/mol. The summed E-state index contributed by atoms with van der Waals surface area (Å²) in [6.45, 7) is 6.39. The lowest BCUT2D eigenvalue weighted by atomic mass is 9.92. The summed E-state index contributed by atoms with van der Waals surface area (Å²) < 4.78 is 5.69. The van der Waals surface area contributed by atoms with Gasteiger partial charge in [-0.1, -0.05) is 32.0 Å². The van der Waals surface area contributed by atoms with Crippen molar-refractivity contribution in [3.63, 3.8) is 0 Å². The van der Waals surface area contributed by atoms with Gasteiger partial charge in [0.05, 0.1) is 5.54 Å². The van der Waals surface area contributed by atoms with Crippen molar-refractivity contribution < 1.29 is 9.21 Å². The first-order valence-corrected chi connectivity index (χ1v) is 7.07. The number of fused-ring (bicyclic) bond motifs is 1. The van der Waals surface area contributed by atoms with Gasteiger partial charge in [0.15, 0.2) is 5.76 Å². The van der Waals surface area contributed by atoms with E-state index < -0.39 is 0 Å². The first-order chi connectivity index (χ1) is 9.56. The highest BCUT2D eigenvalue weighted by atomic mass is 35.5. The Morgan fingerprint density at radius 3 is 2.43 bits per heavy atom. The monoisotopic (exact) mass is 310 g/mol. The maximum absolute atomic E-state index is 12.5. The molecule has 0 unspecified atom stereocenters. The molecule has 116 valence electrons. The number of para-hydroxylation sites is 1. The quantitative estimate of drug-likeness (QED) is 0.889. The van der Waals surface area contributed by atoms with E-state index in [0.717, 1.165) is 29.4 Å². The van der Waals surface area contributed by atoms with Gasteiger partial charge in [0, 0.05) is 17.5 Å². The van der Waals surface area contributed by atoms with Crippen LogP contribution >= 0.6 is 12.4 Å². The van der Waals surface area contributed by atoms with Gasteiger partial charge in [-0.05, 0) is 25.8 Å². The fraction of sp³-hybridized carbons (Fsp3) is 0.438. The van der Waals surface area contributed by atoms with E-state index in [-0.39, 0.29) is 23.9 Å². The third kappa shape index (κ3) is 3.22. The van der Waals surface area contributed by atoms with E-state index in [2.05, 4.69) is 5.32 Å². The summed E-state index contributed by atoms with van der Waals surface area (Å²) >= 11 is 0. The molecule has 0 saturated carbocycles. The Bertz CT molecular complexity index is 609. The first-order valence-electron chi connectivity index (χ1n) is 7.07. The summed E-state index contributed by atoms with van der Waals surface area (Å²) in [7, 11) is 0. The van der Waals surface area contributed by atoms with Crippen molar-refractivity contribution in [3.05, 3.63) is 35.6 Å². The minimum atomic E-state index is -0.359. The van der Waals surface area contributed by atoms with Crippen molar-refractivity contribution >= 4 is 29.3 Å². The number of hydrogen-bond donors (Lipinski definition) is 2. The third-order valence-corrected chi connectivity index (χ3v) is 4.17. The molecule has 1 aromatic heterocycles. The van der Waals surface area contributed by atoms with Gasteiger partial charge < -0.3 is 15.5 Å². The largest absolute Gasteiger partial charge is 0.451 e. The zero-order valence-corrected chi connectivity index (χ0v) is 13.5. The van der Waals surface area contributed by atoms with Crippen LogP contribution in [0.5, 0.6) is 0 Å². The van der Waals surface area contributed by atoms with Gasteiger partial charge in [-0.3, -0.25) is 4.79 Å². The van der Waals surface area contributed by atoms with Crippen LogP contribution in [0.4, 0.5) is 0 Å². The highest BCUT2D eigenvalue weighted by Crippen LogP contribution is 2.25. The number of carbonyl (C=O) groups is 1. The normalized spacial score (nSPS) is 11.2. The van der Waals surface area contributed by atoms with E-state index in [0.29, 0.717) is 12.3 Å². The van der Waals surface area contributed by atoms with Gasteiger partial charge in [0.2, 0.25) is 0 Å². The second kappa shape index (κ2) is 6.96. The zero-order chi connectivity index (χ0) is 14.8. The maximum Gasteiger partial charge on any atom is 0.287 e. The number of halogens is 1. The number of furan rings is 1. The van der Waals surface area contributed by atoms with E-state index in [1.54, 1.807) is 0 Å². The minimum Gasteiger partial charge on any atom is -0.451 e. The highest BCUT2D eigenvalue weighted by molar-refractivity contribution is 5.99. The van der Waals surface area contributed by atoms with E-state index in [1.165, 1.54) is 0 Å². The average molecular weight is 311 g/mol. The van der Waals surface area contributed by atoms with Crippen LogP contribution in [0.1, 0.15) is 42.8 Å². The van der Waals surface area contributed by atoms with Crippen LogP contribution in [0.25, 0.3) is 11.0 Å². The van der Waals surface area contributed by atoms with E-state index in [1.807, 2.05) is 45.0 Å². The number of carbonyl (C=O) groups excluding carboxylic acids is 1. The summed E-state index contributed by atoms with van der Waals surface area (Å²) in [5.41, 5.74) is 7.07. The number of benzene rings is 1. The molecule has 0 radical (unpaired) electrons. The third-order valence-electron chi connectivity index (χ3n) is 4.17. The molecule has 4 nitrogen and oxygen atoms in total. The molecule has 0 aliphatic heterocycles. The summed E-state index contributed by atoms with van der Waals surface area (Å²) in [5, 5.41) is 4.02. The van der Waals surface area contributed by atoms with Crippen molar-refractivity contribution in [1.29, 1.82) is 0 Å². The number of aryl methyl sites for hydroxylation is 1. The number of rotatable bonds is 5. The smallest absolute Gasteiger partial charge is 0.287 e. The summed E-state index contributed by atoms with van der Waals surface area (Å²) in [5.74, 6) is 0.193. The number of nitrogens with one attached hydrogen (secondary N) is 1. The van der Waals surface area contributed by atoms with Crippen LogP contribution in [0.3, 0.4) is 0 Å². The molecule has 1 amide bonds. The molecule has 2 rings (SSSR count). The van der Waals surface area contributed by atoms with Gasteiger partial charge in [-0.15, -0.1) is 12.4 Å². The Labute approximate surface area is 131 Å². The lowest BCUT2D eigenvalue weighted by Gasteiger charge is -2.31. The molecule has 2 aromatic rings. The molecule has 5 heteroatoms. The Morgan fingerprint density at radius 2 is 1.90 bits per heavy atom. The Hall–Kier alpha value is -1.52. The Balaban J connectivity index is 0.00000220. The molecule has 0 aliphatic carbocycles. The molecule has 0 atom stereocenters. The number of amides is 1.